The fraction of sp³-hybridized carbons (Fsp3) is 0.357. The van der Waals surface area contributed by atoms with E-state index in [2.05, 4.69) is 10.4 Å². The van der Waals surface area contributed by atoms with Crippen LogP contribution < -0.4 is 10.9 Å². The molecular formula is C28H31ClFN3O6S. The van der Waals surface area contributed by atoms with Crippen LogP contribution in [0.5, 0.6) is 0 Å². The van der Waals surface area contributed by atoms with E-state index in [0.29, 0.717) is 11.1 Å². The van der Waals surface area contributed by atoms with Gasteiger partial charge in [-0.25, -0.2) is 22.3 Å². The lowest BCUT2D eigenvalue weighted by Crippen LogP contribution is -2.43. The number of sulfone groups is 1. The Kier molecular flexibility index (Phi) is 9.21. The smallest absolute Gasteiger partial charge is 0.405 e. The molecule has 0 radical (unpaired) electrons. The molecule has 1 unspecified atom stereocenters. The molecule has 214 valence electrons. The van der Waals surface area contributed by atoms with Gasteiger partial charge in [0.2, 0.25) is 0 Å². The topological polar surface area (TPSA) is 135 Å². The number of hydrogen-bond acceptors (Lipinski definition) is 6. The first-order valence-electron chi connectivity index (χ1n) is 12.5. The molecule has 0 spiro atoms. The fourth-order valence-corrected chi connectivity index (χ4v) is 5.75. The molecule has 3 rings (SSSR count). The first-order valence-corrected chi connectivity index (χ1v) is 14.7. The van der Waals surface area contributed by atoms with Crippen molar-refractivity contribution in [3.05, 3.63) is 85.9 Å². The van der Waals surface area contributed by atoms with Crippen molar-refractivity contribution in [2.75, 3.05) is 5.75 Å². The Morgan fingerprint density at radius 1 is 1.15 bits per heavy atom. The van der Waals surface area contributed by atoms with Crippen molar-refractivity contribution in [3.8, 4) is 11.3 Å². The van der Waals surface area contributed by atoms with E-state index in [1.165, 1.54) is 38.2 Å². The molecule has 2 N–H and O–H groups in total. The second-order valence-electron chi connectivity index (χ2n) is 10.3. The van der Waals surface area contributed by atoms with Crippen molar-refractivity contribution in [1.82, 2.24) is 15.1 Å². The number of carbonyl (C=O) groups is 2. The molecule has 40 heavy (non-hydrogen) atoms. The number of aryl methyl sites for hydroxylation is 1. The molecule has 0 aliphatic rings. The third-order valence-electron chi connectivity index (χ3n) is 6.50. The standard InChI is InChI=1S/C28H31ClFN3O6S/c1-6-40(38,39)15-17-7-9-19(26(35)20-10-8-18(30)12-23(20)29)22(11-17)25-21(13-24(34)33(5)32-25)16(2)14-28(3,4)31-27(36)37/h7-13,16,31H,6,14-15H2,1-5H3,(H,36,37). The highest BCUT2D eigenvalue weighted by Gasteiger charge is 2.28. The zero-order valence-electron chi connectivity index (χ0n) is 22.8. The molecule has 0 saturated carbocycles. The van der Waals surface area contributed by atoms with Gasteiger partial charge in [-0.15, -0.1) is 0 Å². The average molecular weight is 592 g/mol. The number of aromatic nitrogens is 2. The molecule has 1 heterocycles. The van der Waals surface area contributed by atoms with E-state index >= 15 is 0 Å². The highest BCUT2D eigenvalue weighted by atomic mass is 35.5. The maximum absolute atomic E-state index is 13.7. The molecular weight excluding hydrogens is 561 g/mol. The molecule has 0 saturated heterocycles. The molecule has 0 aliphatic carbocycles. The number of carbonyl (C=O) groups excluding carboxylic acids is 1. The van der Waals surface area contributed by atoms with Crippen molar-refractivity contribution in [2.24, 2.45) is 7.05 Å². The zero-order chi connectivity index (χ0) is 30.0. The number of amides is 1. The predicted octanol–water partition coefficient (Wildman–Crippen LogP) is 4.95. The number of ketones is 1. The van der Waals surface area contributed by atoms with E-state index < -0.39 is 44.5 Å². The average Bonchev–Trinajstić information content (AvgIpc) is 2.83. The Morgan fingerprint density at radius 2 is 1.80 bits per heavy atom. The van der Waals surface area contributed by atoms with Gasteiger partial charge in [-0.2, -0.15) is 5.10 Å². The monoisotopic (exact) mass is 591 g/mol. The van der Waals surface area contributed by atoms with E-state index in [-0.39, 0.29) is 45.3 Å². The summed E-state index contributed by atoms with van der Waals surface area (Å²) in [5.74, 6) is -1.95. The van der Waals surface area contributed by atoms with E-state index in [9.17, 15) is 32.3 Å². The van der Waals surface area contributed by atoms with Crippen molar-refractivity contribution in [3.63, 3.8) is 0 Å². The summed E-state index contributed by atoms with van der Waals surface area (Å²) in [5, 5.41) is 16.1. The van der Waals surface area contributed by atoms with E-state index in [4.69, 9.17) is 11.6 Å². The molecule has 0 bridgehead atoms. The Hall–Kier alpha value is -3.57. The lowest BCUT2D eigenvalue weighted by atomic mass is 9.84. The van der Waals surface area contributed by atoms with Gasteiger partial charge < -0.3 is 10.4 Å². The third-order valence-corrected chi connectivity index (χ3v) is 8.47. The number of hydrogen-bond donors (Lipinski definition) is 2. The molecule has 3 aromatic rings. The van der Waals surface area contributed by atoms with Crippen LogP contribution in [0.4, 0.5) is 9.18 Å². The fourth-order valence-electron chi connectivity index (χ4n) is 4.60. The summed E-state index contributed by atoms with van der Waals surface area (Å²) >= 11 is 6.20. The molecule has 0 aliphatic heterocycles. The Bertz CT molecular complexity index is 1640. The predicted molar refractivity (Wildman–Crippen MR) is 151 cm³/mol. The minimum atomic E-state index is -3.43. The number of benzene rings is 2. The van der Waals surface area contributed by atoms with Crippen molar-refractivity contribution < 1.29 is 27.5 Å². The summed E-state index contributed by atoms with van der Waals surface area (Å²) in [4.78, 5) is 37.7. The number of rotatable bonds is 10. The third kappa shape index (κ3) is 7.33. The molecule has 12 heteroatoms. The van der Waals surface area contributed by atoms with Gasteiger partial charge in [-0.05, 0) is 61.6 Å². The second kappa shape index (κ2) is 11.9. The van der Waals surface area contributed by atoms with Crippen LogP contribution in [-0.4, -0.2) is 46.5 Å². The number of nitrogens with zero attached hydrogens (tertiary/aromatic N) is 2. The molecule has 1 aromatic heterocycles. The molecule has 9 nitrogen and oxygen atoms in total. The largest absolute Gasteiger partial charge is 0.465 e. The maximum atomic E-state index is 13.7. The molecule has 1 atom stereocenters. The summed E-state index contributed by atoms with van der Waals surface area (Å²) in [7, 11) is -1.99. The summed E-state index contributed by atoms with van der Waals surface area (Å²) in [5.41, 5.74) is 0.209. The van der Waals surface area contributed by atoms with Crippen LogP contribution in [-0.2, 0) is 22.6 Å². The first kappa shape index (κ1) is 31.0. The van der Waals surface area contributed by atoms with Gasteiger partial charge in [0.05, 0.1) is 16.5 Å². The highest BCUT2D eigenvalue weighted by Crippen LogP contribution is 2.35. The number of nitrogens with one attached hydrogen (secondary N) is 1. The van der Waals surface area contributed by atoms with Gasteiger partial charge in [0.15, 0.2) is 15.6 Å². The van der Waals surface area contributed by atoms with Gasteiger partial charge in [0, 0.05) is 41.1 Å². The summed E-state index contributed by atoms with van der Waals surface area (Å²) in [6, 6.07) is 9.29. The quantitative estimate of drug-likeness (QED) is 0.319. The van der Waals surface area contributed by atoms with Crippen LogP contribution in [0.3, 0.4) is 0 Å². The van der Waals surface area contributed by atoms with Crippen LogP contribution in [0.1, 0.15) is 67.1 Å². The lowest BCUT2D eigenvalue weighted by Gasteiger charge is -2.29. The van der Waals surface area contributed by atoms with Gasteiger partial charge in [0.25, 0.3) is 5.56 Å². The van der Waals surface area contributed by atoms with Crippen LogP contribution in [0.2, 0.25) is 5.02 Å². The van der Waals surface area contributed by atoms with E-state index in [1.807, 2.05) is 0 Å². The van der Waals surface area contributed by atoms with Gasteiger partial charge >= 0.3 is 6.09 Å². The van der Waals surface area contributed by atoms with Crippen LogP contribution in [0.25, 0.3) is 11.3 Å². The summed E-state index contributed by atoms with van der Waals surface area (Å²) in [6.45, 7) is 6.74. The Labute approximate surface area is 236 Å². The minimum absolute atomic E-state index is 0.0319. The number of halogens is 2. The second-order valence-corrected chi connectivity index (χ2v) is 13.1. The van der Waals surface area contributed by atoms with Crippen molar-refractivity contribution in [2.45, 2.75) is 51.3 Å². The maximum Gasteiger partial charge on any atom is 0.405 e. The molecule has 1 amide bonds. The van der Waals surface area contributed by atoms with Gasteiger partial charge in [-0.1, -0.05) is 37.6 Å². The Morgan fingerprint density at radius 3 is 2.40 bits per heavy atom. The summed E-state index contributed by atoms with van der Waals surface area (Å²) < 4.78 is 39.6. The highest BCUT2D eigenvalue weighted by molar-refractivity contribution is 7.90. The van der Waals surface area contributed by atoms with Crippen molar-refractivity contribution >= 4 is 33.3 Å². The van der Waals surface area contributed by atoms with Crippen LogP contribution >= 0.6 is 11.6 Å². The van der Waals surface area contributed by atoms with Gasteiger partial charge in [-0.3, -0.25) is 9.59 Å². The lowest BCUT2D eigenvalue weighted by molar-refractivity contribution is 0.103. The Balaban J connectivity index is 2.29. The first-order chi connectivity index (χ1) is 18.5. The number of carboxylic acid groups (broad SMARTS) is 1. The van der Waals surface area contributed by atoms with Gasteiger partial charge in [0.1, 0.15) is 5.82 Å². The van der Waals surface area contributed by atoms with Crippen LogP contribution in [0, 0.1) is 5.82 Å². The summed E-state index contributed by atoms with van der Waals surface area (Å²) in [6.07, 6.45) is -0.925. The van der Waals surface area contributed by atoms with E-state index in [0.717, 1.165) is 16.8 Å². The SMILES string of the molecule is CCS(=O)(=O)Cc1ccc(C(=O)c2ccc(F)cc2Cl)c(-c2nn(C)c(=O)cc2C(C)CC(C)(C)NC(=O)O)c1. The zero-order valence-corrected chi connectivity index (χ0v) is 24.4. The molecule has 2 aromatic carbocycles. The van der Waals surface area contributed by atoms with E-state index in [1.54, 1.807) is 26.8 Å². The minimum Gasteiger partial charge on any atom is -0.465 e. The normalized spacial score (nSPS) is 12.7. The van der Waals surface area contributed by atoms with Crippen LogP contribution in [0.15, 0.2) is 47.3 Å². The molecule has 0 fully saturated rings. The van der Waals surface area contributed by atoms with Crippen molar-refractivity contribution in [1.29, 1.82) is 0 Å².